The molecule has 1 N–H and O–H groups in total. The molecule has 0 fully saturated rings. The number of para-hydroxylation sites is 2. The second-order valence-electron chi connectivity index (χ2n) is 5.08. The van der Waals surface area contributed by atoms with Crippen LogP contribution in [0, 0.1) is 0 Å². The lowest BCUT2D eigenvalue weighted by atomic mass is 10.1. The molecule has 0 aliphatic carbocycles. The Morgan fingerprint density at radius 2 is 1.75 bits per heavy atom. The molecule has 1 atom stereocenters. The van der Waals surface area contributed by atoms with Crippen LogP contribution in [-0.4, -0.2) is 25.8 Å². The lowest BCUT2D eigenvalue weighted by Gasteiger charge is -2.14. The lowest BCUT2D eigenvalue weighted by molar-refractivity contribution is 0.269. The van der Waals surface area contributed by atoms with Crippen LogP contribution < -0.4 is 14.8 Å². The van der Waals surface area contributed by atoms with Crippen molar-refractivity contribution >= 4 is 0 Å². The summed E-state index contributed by atoms with van der Waals surface area (Å²) >= 11 is 0. The molecule has 0 aliphatic rings. The number of benzene rings is 1. The molecule has 0 saturated heterocycles. The topological polar surface area (TPSA) is 30.5 Å². The maximum absolute atomic E-state index is 5.81. The van der Waals surface area contributed by atoms with Crippen molar-refractivity contribution in [1.29, 1.82) is 0 Å². The maximum atomic E-state index is 5.81. The second-order valence-corrected chi connectivity index (χ2v) is 5.08. The van der Waals surface area contributed by atoms with E-state index in [4.69, 9.17) is 9.47 Å². The van der Waals surface area contributed by atoms with E-state index in [-0.39, 0.29) is 0 Å². The number of unbranched alkanes of at least 4 members (excludes halogenated alkanes) is 1. The predicted molar refractivity (Wildman–Crippen MR) is 84.7 cm³/mol. The van der Waals surface area contributed by atoms with Crippen LogP contribution in [0.1, 0.15) is 46.5 Å². The van der Waals surface area contributed by atoms with Crippen molar-refractivity contribution < 1.29 is 9.47 Å². The van der Waals surface area contributed by atoms with Crippen molar-refractivity contribution in [2.24, 2.45) is 0 Å². The fourth-order valence-corrected chi connectivity index (χ4v) is 2.07. The number of nitrogens with one attached hydrogen (secondary N) is 1. The highest BCUT2D eigenvalue weighted by atomic mass is 16.5. The largest absolute Gasteiger partial charge is 0.490 e. The fourth-order valence-electron chi connectivity index (χ4n) is 2.07. The van der Waals surface area contributed by atoms with E-state index in [2.05, 4.69) is 19.2 Å². The Morgan fingerprint density at radius 3 is 2.40 bits per heavy atom. The maximum Gasteiger partial charge on any atom is 0.161 e. The van der Waals surface area contributed by atoms with Crippen LogP contribution in [0.15, 0.2) is 24.3 Å². The number of ether oxygens (including phenoxy) is 2. The van der Waals surface area contributed by atoms with Gasteiger partial charge in [-0.1, -0.05) is 19.1 Å². The van der Waals surface area contributed by atoms with E-state index >= 15 is 0 Å². The molecule has 1 aromatic rings. The average Bonchev–Trinajstić information content (AvgIpc) is 2.46. The van der Waals surface area contributed by atoms with Gasteiger partial charge < -0.3 is 14.8 Å². The summed E-state index contributed by atoms with van der Waals surface area (Å²) in [5, 5.41) is 3.51. The minimum absolute atomic E-state index is 0.602. The van der Waals surface area contributed by atoms with Gasteiger partial charge in [-0.05, 0) is 58.2 Å². The van der Waals surface area contributed by atoms with Gasteiger partial charge in [-0.2, -0.15) is 0 Å². The van der Waals surface area contributed by atoms with E-state index < -0.39 is 0 Å². The molecule has 3 nitrogen and oxygen atoms in total. The van der Waals surface area contributed by atoms with Crippen molar-refractivity contribution in [3.8, 4) is 11.5 Å². The van der Waals surface area contributed by atoms with Gasteiger partial charge in [0.1, 0.15) is 0 Å². The third-order valence-corrected chi connectivity index (χ3v) is 3.18. The molecule has 0 saturated carbocycles. The molecule has 1 aromatic carbocycles. The van der Waals surface area contributed by atoms with Gasteiger partial charge in [-0.3, -0.25) is 0 Å². The first-order chi connectivity index (χ1) is 9.77. The molecule has 20 heavy (non-hydrogen) atoms. The summed E-state index contributed by atoms with van der Waals surface area (Å²) < 4.78 is 11.3. The fraction of sp³-hybridized carbons (Fsp3) is 0.647. The normalized spacial score (nSPS) is 12.2. The minimum Gasteiger partial charge on any atom is -0.490 e. The van der Waals surface area contributed by atoms with E-state index in [1.165, 1.54) is 19.3 Å². The summed E-state index contributed by atoms with van der Waals surface area (Å²) in [4.78, 5) is 0. The summed E-state index contributed by atoms with van der Waals surface area (Å²) in [6, 6.07) is 8.48. The summed E-state index contributed by atoms with van der Waals surface area (Å²) in [5.41, 5.74) is 0. The number of rotatable bonds is 11. The molecule has 1 rings (SSSR count). The van der Waals surface area contributed by atoms with Crippen LogP contribution in [-0.2, 0) is 0 Å². The Morgan fingerprint density at radius 1 is 1.05 bits per heavy atom. The van der Waals surface area contributed by atoms with Crippen molar-refractivity contribution in [1.82, 2.24) is 5.32 Å². The first-order valence-corrected chi connectivity index (χ1v) is 7.85. The Bertz CT molecular complexity index is 355. The van der Waals surface area contributed by atoms with Gasteiger partial charge in [0.05, 0.1) is 13.2 Å². The van der Waals surface area contributed by atoms with Crippen molar-refractivity contribution in [3.63, 3.8) is 0 Å². The molecule has 3 heteroatoms. The van der Waals surface area contributed by atoms with Gasteiger partial charge in [0.2, 0.25) is 0 Å². The van der Waals surface area contributed by atoms with Crippen LogP contribution in [0.25, 0.3) is 0 Å². The molecule has 0 aromatic heterocycles. The van der Waals surface area contributed by atoms with Crippen LogP contribution >= 0.6 is 0 Å². The summed E-state index contributed by atoms with van der Waals surface area (Å²) in [7, 11) is 0. The molecular formula is C17H29NO2. The molecule has 0 aliphatic heterocycles. The summed E-state index contributed by atoms with van der Waals surface area (Å²) in [6.07, 6.45) is 4.67. The molecule has 114 valence electrons. The Balaban J connectivity index is 2.18. The number of hydrogen-bond donors (Lipinski definition) is 1. The van der Waals surface area contributed by atoms with E-state index in [0.29, 0.717) is 12.6 Å². The van der Waals surface area contributed by atoms with E-state index in [1.807, 2.05) is 31.2 Å². The van der Waals surface area contributed by atoms with Crippen molar-refractivity contribution in [2.75, 3.05) is 19.8 Å². The average molecular weight is 279 g/mol. The quantitative estimate of drug-likeness (QED) is 0.621. The van der Waals surface area contributed by atoms with Crippen LogP contribution in [0.5, 0.6) is 11.5 Å². The van der Waals surface area contributed by atoms with Gasteiger partial charge in [0.25, 0.3) is 0 Å². The third-order valence-electron chi connectivity index (χ3n) is 3.18. The Kier molecular flexibility index (Phi) is 8.88. The molecule has 0 spiro atoms. The highest BCUT2D eigenvalue weighted by molar-refractivity contribution is 5.39. The summed E-state index contributed by atoms with van der Waals surface area (Å²) in [6.45, 7) is 8.97. The molecule has 0 bridgehead atoms. The van der Waals surface area contributed by atoms with Crippen LogP contribution in [0.3, 0.4) is 0 Å². The smallest absolute Gasteiger partial charge is 0.161 e. The van der Waals surface area contributed by atoms with Crippen LogP contribution in [0.2, 0.25) is 0 Å². The van der Waals surface area contributed by atoms with E-state index in [9.17, 15) is 0 Å². The van der Waals surface area contributed by atoms with Crippen molar-refractivity contribution in [2.45, 2.75) is 52.5 Å². The molecule has 0 radical (unpaired) electrons. The SMILES string of the molecule is CCCNC(C)CCCCOc1ccccc1OCC. The van der Waals surface area contributed by atoms with Gasteiger partial charge in [-0.15, -0.1) is 0 Å². The zero-order valence-corrected chi connectivity index (χ0v) is 13.2. The first-order valence-electron chi connectivity index (χ1n) is 7.85. The molecule has 0 heterocycles. The highest BCUT2D eigenvalue weighted by Crippen LogP contribution is 2.26. The second kappa shape index (κ2) is 10.6. The summed E-state index contributed by atoms with van der Waals surface area (Å²) in [5.74, 6) is 1.69. The lowest BCUT2D eigenvalue weighted by Crippen LogP contribution is -2.26. The molecule has 1 unspecified atom stereocenters. The van der Waals surface area contributed by atoms with Gasteiger partial charge in [0.15, 0.2) is 11.5 Å². The predicted octanol–water partition coefficient (Wildman–Crippen LogP) is 4.02. The monoisotopic (exact) mass is 279 g/mol. The zero-order valence-electron chi connectivity index (χ0n) is 13.2. The zero-order chi connectivity index (χ0) is 14.6. The Hall–Kier alpha value is -1.22. The molecule has 0 amide bonds. The van der Waals surface area contributed by atoms with Crippen LogP contribution in [0.4, 0.5) is 0 Å². The van der Waals surface area contributed by atoms with E-state index in [0.717, 1.165) is 31.1 Å². The van der Waals surface area contributed by atoms with Crippen molar-refractivity contribution in [3.05, 3.63) is 24.3 Å². The number of hydrogen-bond acceptors (Lipinski definition) is 3. The molecular weight excluding hydrogens is 250 g/mol. The standard InChI is InChI=1S/C17H29NO2/c1-4-13-18-15(3)10-8-9-14-20-17-12-7-6-11-16(17)19-5-2/h6-7,11-12,15,18H,4-5,8-10,13-14H2,1-3H3. The van der Waals surface area contributed by atoms with E-state index in [1.54, 1.807) is 0 Å². The van der Waals surface area contributed by atoms with Gasteiger partial charge in [0, 0.05) is 6.04 Å². The first kappa shape index (κ1) is 16.8. The third kappa shape index (κ3) is 6.80. The minimum atomic E-state index is 0.602. The Labute approximate surface area is 123 Å². The highest BCUT2D eigenvalue weighted by Gasteiger charge is 2.04. The van der Waals surface area contributed by atoms with Gasteiger partial charge in [-0.25, -0.2) is 0 Å². The van der Waals surface area contributed by atoms with Gasteiger partial charge >= 0.3 is 0 Å².